The zero-order chi connectivity index (χ0) is 12.3. The van der Waals surface area contributed by atoms with Crippen molar-refractivity contribution < 1.29 is 4.39 Å². The molecule has 1 nitrogen and oxygen atoms in total. The zero-order valence-electron chi connectivity index (χ0n) is 9.73. The van der Waals surface area contributed by atoms with Crippen LogP contribution in [0.15, 0.2) is 22.7 Å². The summed E-state index contributed by atoms with van der Waals surface area (Å²) < 4.78 is 14.4. The molecule has 4 heteroatoms. The van der Waals surface area contributed by atoms with Gasteiger partial charge in [0, 0.05) is 27.4 Å². The molecule has 0 radical (unpaired) electrons. The molecule has 0 unspecified atom stereocenters. The summed E-state index contributed by atoms with van der Waals surface area (Å²) in [5.41, 5.74) is 0.735. The van der Waals surface area contributed by atoms with E-state index >= 15 is 0 Å². The Morgan fingerprint density at radius 2 is 2.00 bits per heavy atom. The first kappa shape index (κ1) is 14.1. The van der Waals surface area contributed by atoms with Crippen molar-refractivity contribution in [2.75, 3.05) is 12.4 Å². The summed E-state index contributed by atoms with van der Waals surface area (Å²) in [6, 6.07) is 5.19. The maximum Gasteiger partial charge on any atom is 0.128 e. The predicted octanol–water partition coefficient (Wildman–Crippen LogP) is 4.19. The molecule has 0 amide bonds. The molecule has 1 rings (SSSR count). The average molecular weight is 353 g/mol. The van der Waals surface area contributed by atoms with Crippen LogP contribution in [0.5, 0.6) is 0 Å². The summed E-state index contributed by atoms with van der Waals surface area (Å²) in [5.74, 6) is -0.161. The van der Waals surface area contributed by atoms with Gasteiger partial charge >= 0.3 is 0 Å². The maximum atomic E-state index is 13.6. The van der Waals surface area contributed by atoms with Crippen LogP contribution in [0.25, 0.3) is 0 Å². The first-order valence-electron chi connectivity index (χ1n) is 5.08. The van der Waals surface area contributed by atoms with E-state index in [2.05, 4.69) is 50.6 Å². The van der Waals surface area contributed by atoms with Crippen LogP contribution in [0, 0.1) is 5.82 Å². The fourth-order valence-corrected chi connectivity index (χ4v) is 1.98. The van der Waals surface area contributed by atoms with Crippen molar-refractivity contribution >= 4 is 31.9 Å². The molecular weight excluding hydrogens is 337 g/mol. The molecule has 0 spiro atoms. The number of rotatable bonds is 4. The summed E-state index contributed by atoms with van der Waals surface area (Å²) in [4.78, 5) is 2.13. The predicted molar refractivity (Wildman–Crippen MR) is 73.4 cm³/mol. The fourth-order valence-electron chi connectivity index (χ4n) is 1.22. The van der Waals surface area contributed by atoms with Gasteiger partial charge in [0.2, 0.25) is 0 Å². The minimum absolute atomic E-state index is 0.0134. The lowest BCUT2D eigenvalue weighted by Gasteiger charge is -2.34. The topological polar surface area (TPSA) is 3.24 Å². The monoisotopic (exact) mass is 351 g/mol. The van der Waals surface area contributed by atoms with Gasteiger partial charge in [-0.3, -0.25) is 4.90 Å². The lowest BCUT2D eigenvalue weighted by Crippen LogP contribution is -2.42. The second-order valence-electron chi connectivity index (χ2n) is 4.54. The first-order chi connectivity index (χ1) is 7.36. The van der Waals surface area contributed by atoms with Crippen LogP contribution in [0.2, 0.25) is 0 Å². The summed E-state index contributed by atoms with van der Waals surface area (Å²) in [6.07, 6.45) is 0. The van der Waals surface area contributed by atoms with Crippen LogP contribution < -0.4 is 0 Å². The number of benzene rings is 1. The highest BCUT2D eigenvalue weighted by Gasteiger charge is 2.22. The Morgan fingerprint density at radius 1 is 1.38 bits per heavy atom. The third kappa shape index (κ3) is 3.54. The largest absolute Gasteiger partial charge is 0.296 e. The smallest absolute Gasteiger partial charge is 0.128 e. The number of halogens is 3. The summed E-state index contributed by atoms with van der Waals surface area (Å²) >= 11 is 6.73. The molecule has 16 heavy (non-hydrogen) atoms. The van der Waals surface area contributed by atoms with E-state index in [0.717, 1.165) is 15.4 Å². The van der Waals surface area contributed by atoms with Gasteiger partial charge in [-0.15, -0.1) is 0 Å². The SMILES string of the molecule is CN(Cc1ccc(Br)cc1F)C(C)(C)CBr. The van der Waals surface area contributed by atoms with Crippen LogP contribution in [0.4, 0.5) is 4.39 Å². The third-order valence-electron chi connectivity index (χ3n) is 2.78. The molecule has 0 heterocycles. The molecule has 0 saturated heterocycles. The first-order valence-corrected chi connectivity index (χ1v) is 6.99. The normalized spacial score (nSPS) is 12.2. The van der Waals surface area contributed by atoms with Gasteiger partial charge in [-0.05, 0) is 33.0 Å². The molecule has 0 aliphatic heterocycles. The van der Waals surface area contributed by atoms with Crippen LogP contribution in [-0.4, -0.2) is 22.8 Å². The Bertz CT molecular complexity index is 366. The molecule has 1 aromatic carbocycles. The Morgan fingerprint density at radius 3 is 2.50 bits per heavy atom. The molecule has 0 aliphatic carbocycles. The van der Waals surface area contributed by atoms with E-state index in [-0.39, 0.29) is 11.4 Å². The maximum absolute atomic E-state index is 13.6. The molecule has 0 fully saturated rings. The second-order valence-corrected chi connectivity index (χ2v) is 6.01. The number of nitrogens with zero attached hydrogens (tertiary/aromatic N) is 1. The van der Waals surface area contributed by atoms with E-state index in [9.17, 15) is 4.39 Å². The van der Waals surface area contributed by atoms with Crippen molar-refractivity contribution in [3.8, 4) is 0 Å². The van der Waals surface area contributed by atoms with Crippen LogP contribution >= 0.6 is 31.9 Å². The molecular formula is C12H16Br2FN. The van der Waals surface area contributed by atoms with Crippen molar-refractivity contribution in [3.63, 3.8) is 0 Å². The van der Waals surface area contributed by atoms with Crippen LogP contribution in [0.1, 0.15) is 19.4 Å². The molecule has 0 saturated carbocycles. The Hall–Kier alpha value is 0.0700. The van der Waals surface area contributed by atoms with E-state index in [4.69, 9.17) is 0 Å². The Balaban J connectivity index is 2.81. The average Bonchev–Trinajstić information content (AvgIpc) is 2.22. The van der Waals surface area contributed by atoms with Crippen molar-refractivity contribution in [2.45, 2.75) is 25.9 Å². The zero-order valence-corrected chi connectivity index (χ0v) is 12.9. The third-order valence-corrected chi connectivity index (χ3v) is 4.65. The number of alkyl halides is 1. The van der Waals surface area contributed by atoms with E-state index in [1.54, 1.807) is 0 Å². The van der Waals surface area contributed by atoms with Crippen LogP contribution in [0.3, 0.4) is 0 Å². The van der Waals surface area contributed by atoms with Crippen molar-refractivity contribution in [2.24, 2.45) is 0 Å². The van der Waals surface area contributed by atoms with E-state index in [0.29, 0.717) is 6.54 Å². The molecule has 1 aromatic rings. The second kappa shape index (κ2) is 5.61. The molecule has 0 atom stereocenters. The fraction of sp³-hybridized carbons (Fsp3) is 0.500. The van der Waals surface area contributed by atoms with Crippen molar-refractivity contribution in [1.29, 1.82) is 0 Å². The quantitative estimate of drug-likeness (QED) is 0.734. The van der Waals surface area contributed by atoms with Gasteiger partial charge in [-0.1, -0.05) is 37.9 Å². The Kier molecular flexibility index (Phi) is 4.95. The van der Waals surface area contributed by atoms with Gasteiger partial charge in [0.05, 0.1) is 0 Å². The van der Waals surface area contributed by atoms with Gasteiger partial charge in [-0.2, -0.15) is 0 Å². The highest BCUT2D eigenvalue weighted by Crippen LogP contribution is 2.21. The molecule has 0 N–H and O–H groups in total. The summed E-state index contributed by atoms with van der Waals surface area (Å²) in [6.45, 7) is 4.86. The van der Waals surface area contributed by atoms with E-state index in [1.807, 2.05) is 19.2 Å². The van der Waals surface area contributed by atoms with Gasteiger partial charge in [0.15, 0.2) is 0 Å². The van der Waals surface area contributed by atoms with Gasteiger partial charge < -0.3 is 0 Å². The lowest BCUT2D eigenvalue weighted by molar-refractivity contribution is 0.171. The molecule has 90 valence electrons. The van der Waals surface area contributed by atoms with Gasteiger partial charge in [-0.25, -0.2) is 4.39 Å². The van der Waals surface area contributed by atoms with Crippen molar-refractivity contribution in [3.05, 3.63) is 34.1 Å². The minimum atomic E-state index is -0.161. The molecule has 0 bridgehead atoms. The highest BCUT2D eigenvalue weighted by atomic mass is 79.9. The molecule has 0 aliphatic rings. The van der Waals surface area contributed by atoms with Crippen LogP contribution in [-0.2, 0) is 6.54 Å². The summed E-state index contributed by atoms with van der Waals surface area (Å²) in [7, 11) is 2.00. The lowest BCUT2D eigenvalue weighted by atomic mass is 10.1. The van der Waals surface area contributed by atoms with E-state index in [1.165, 1.54) is 6.07 Å². The summed E-state index contributed by atoms with van der Waals surface area (Å²) in [5, 5.41) is 0.856. The molecule has 0 aromatic heterocycles. The van der Waals surface area contributed by atoms with E-state index < -0.39 is 0 Å². The highest BCUT2D eigenvalue weighted by molar-refractivity contribution is 9.10. The number of hydrogen-bond acceptors (Lipinski definition) is 1. The van der Waals surface area contributed by atoms with Crippen molar-refractivity contribution in [1.82, 2.24) is 4.90 Å². The standard InChI is InChI=1S/C12H16Br2FN/c1-12(2,8-13)16(3)7-9-4-5-10(14)6-11(9)15/h4-6H,7-8H2,1-3H3. The van der Waals surface area contributed by atoms with Gasteiger partial charge in [0.25, 0.3) is 0 Å². The number of hydrogen-bond donors (Lipinski definition) is 0. The Labute approximate surface area is 113 Å². The van der Waals surface area contributed by atoms with Gasteiger partial charge in [0.1, 0.15) is 5.82 Å². The minimum Gasteiger partial charge on any atom is -0.296 e.